The number of carbonyl (C=O) groups excluding carboxylic acids is 4. The molecule has 0 fully saturated rings. The molecule has 0 aliphatic heterocycles. The molecule has 0 N–H and O–H groups in total. The summed E-state index contributed by atoms with van der Waals surface area (Å²) in [6.07, 6.45) is 2.89. The fourth-order valence-electron chi connectivity index (χ4n) is 0.786. The Hall–Kier alpha value is -2.51. The molecule has 17 heavy (non-hydrogen) atoms. The van der Waals surface area contributed by atoms with E-state index in [9.17, 15) is 19.2 Å². The Balaban J connectivity index is 2.40. The molecule has 0 saturated heterocycles. The Morgan fingerprint density at radius 2 is 1.82 bits per heavy atom. The Kier molecular flexibility index (Phi) is 4.09. The van der Waals surface area contributed by atoms with E-state index in [1.807, 2.05) is 0 Å². The van der Waals surface area contributed by atoms with Crippen molar-refractivity contribution in [3.63, 3.8) is 0 Å². The standard InChI is InChI=1S/C9H8N2O6/c1-6(12)8(14)16-17-9(15)7(13)5-11-4-2-3-10-11/h2-4H,5H2,1H3. The van der Waals surface area contributed by atoms with E-state index in [2.05, 4.69) is 14.9 Å². The second-order valence-electron chi connectivity index (χ2n) is 2.92. The molecular weight excluding hydrogens is 232 g/mol. The maximum atomic E-state index is 11.2. The normalized spacial score (nSPS) is 9.47. The van der Waals surface area contributed by atoms with E-state index in [1.165, 1.54) is 17.1 Å². The van der Waals surface area contributed by atoms with Crippen LogP contribution in [0.1, 0.15) is 6.92 Å². The Bertz CT molecular complexity index is 450. The van der Waals surface area contributed by atoms with Gasteiger partial charge in [-0.05, 0) is 6.07 Å². The maximum Gasteiger partial charge on any atom is 0.423 e. The average Bonchev–Trinajstić information content (AvgIpc) is 2.77. The predicted octanol–water partition coefficient (Wildman–Crippen LogP) is -0.957. The number of carbonyl (C=O) groups is 4. The predicted molar refractivity (Wildman–Crippen MR) is 50.1 cm³/mol. The van der Waals surface area contributed by atoms with Gasteiger partial charge in [0.1, 0.15) is 6.54 Å². The summed E-state index contributed by atoms with van der Waals surface area (Å²) in [7, 11) is 0. The summed E-state index contributed by atoms with van der Waals surface area (Å²) in [4.78, 5) is 50.9. The van der Waals surface area contributed by atoms with Gasteiger partial charge in [0, 0.05) is 19.3 Å². The monoisotopic (exact) mass is 240 g/mol. The van der Waals surface area contributed by atoms with Crippen LogP contribution in [-0.2, 0) is 35.5 Å². The van der Waals surface area contributed by atoms with Crippen LogP contribution < -0.4 is 0 Å². The smallest absolute Gasteiger partial charge is 0.287 e. The fraction of sp³-hybridized carbons (Fsp3) is 0.222. The molecule has 1 aromatic rings. The molecule has 0 radical (unpaired) electrons. The van der Waals surface area contributed by atoms with Crippen molar-refractivity contribution in [2.45, 2.75) is 13.5 Å². The van der Waals surface area contributed by atoms with Crippen molar-refractivity contribution in [2.24, 2.45) is 0 Å². The first kappa shape index (κ1) is 12.6. The zero-order chi connectivity index (χ0) is 12.8. The third kappa shape index (κ3) is 3.86. The van der Waals surface area contributed by atoms with Gasteiger partial charge in [0.25, 0.3) is 5.78 Å². The summed E-state index contributed by atoms with van der Waals surface area (Å²) < 4.78 is 1.19. The summed E-state index contributed by atoms with van der Waals surface area (Å²) in [5.41, 5.74) is 0. The van der Waals surface area contributed by atoms with Crippen LogP contribution in [0.15, 0.2) is 18.5 Å². The van der Waals surface area contributed by atoms with Gasteiger partial charge in [-0.25, -0.2) is 19.4 Å². The Labute approximate surface area is 95.0 Å². The molecule has 0 spiro atoms. The minimum Gasteiger partial charge on any atom is -0.287 e. The summed E-state index contributed by atoms with van der Waals surface area (Å²) in [5.74, 6) is -4.65. The molecule has 8 nitrogen and oxygen atoms in total. The van der Waals surface area contributed by atoms with E-state index in [4.69, 9.17) is 0 Å². The number of hydrogen-bond acceptors (Lipinski definition) is 7. The van der Waals surface area contributed by atoms with Crippen molar-refractivity contribution < 1.29 is 29.0 Å². The Morgan fingerprint density at radius 1 is 1.18 bits per heavy atom. The van der Waals surface area contributed by atoms with Crippen LogP contribution in [-0.4, -0.2) is 33.3 Å². The second-order valence-corrected chi connectivity index (χ2v) is 2.92. The van der Waals surface area contributed by atoms with E-state index >= 15 is 0 Å². The van der Waals surface area contributed by atoms with Crippen LogP contribution in [0, 0.1) is 0 Å². The van der Waals surface area contributed by atoms with Gasteiger partial charge >= 0.3 is 11.9 Å². The highest BCUT2D eigenvalue weighted by Crippen LogP contribution is 1.91. The molecule has 8 heteroatoms. The third-order valence-corrected chi connectivity index (χ3v) is 1.57. The zero-order valence-electron chi connectivity index (χ0n) is 8.78. The molecule has 0 aliphatic rings. The van der Waals surface area contributed by atoms with Crippen molar-refractivity contribution in [3.05, 3.63) is 18.5 Å². The summed E-state index contributed by atoms with van der Waals surface area (Å²) in [5, 5.41) is 3.69. The first-order valence-electron chi connectivity index (χ1n) is 4.44. The van der Waals surface area contributed by atoms with E-state index in [0.717, 1.165) is 6.92 Å². The molecule has 0 saturated carbocycles. The van der Waals surface area contributed by atoms with E-state index in [0.29, 0.717) is 0 Å². The van der Waals surface area contributed by atoms with Crippen molar-refractivity contribution >= 4 is 23.5 Å². The highest BCUT2D eigenvalue weighted by atomic mass is 17.2. The third-order valence-electron chi connectivity index (χ3n) is 1.57. The molecular formula is C9H8N2O6. The lowest BCUT2D eigenvalue weighted by Gasteiger charge is -2.00. The van der Waals surface area contributed by atoms with Crippen molar-refractivity contribution in [1.82, 2.24) is 9.78 Å². The lowest BCUT2D eigenvalue weighted by Crippen LogP contribution is -2.25. The lowest BCUT2D eigenvalue weighted by atomic mass is 10.4. The summed E-state index contributed by atoms with van der Waals surface area (Å²) in [6.45, 7) is 0.588. The topological polar surface area (TPSA) is 105 Å². The molecule has 0 unspecified atom stereocenters. The molecule has 0 bridgehead atoms. The van der Waals surface area contributed by atoms with Gasteiger partial charge in [0.05, 0.1) is 0 Å². The largest absolute Gasteiger partial charge is 0.423 e. The van der Waals surface area contributed by atoms with E-state index in [1.54, 1.807) is 6.07 Å². The van der Waals surface area contributed by atoms with Gasteiger partial charge in [-0.1, -0.05) is 0 Å². The number of Topliss-reactive ketones (excluding diaryl/α,β-unsaturated/α-hetero) is 2. The van der Waals surface area contributed by atoms with E-state index < -0.39 is 23.5 Å². The van der Waals surface area contributed by atoms with Crippen LogP contribution in [0.2, 0.25) is 0 Å². The van der Waals surface area contributed by atoms with E-state index in [-0.39, 0.29) is 6.54 Å². The SMILES string of the molecule is CC(=O)C(=O)OOC(=O)C(=O)Cn1cccn1. The highest BCUT2D eigenvalue weighted by molar-refractivity contribution is 6.34. The van der Waals surface area contributed by atoms with Crippen molar-refractivity contribution in [2.75, 3.05) is 0 Å². The van der Waals surface area contributed by atoms with Crippen LogP contribution in [0.5, 0.6) is 0 Å². The molecule has 90 valence electrons. The summed E-state index contributed by atoms with van der Waals surface area (Å²) >= 11 is 0. The number of hydrogen-bond donors (Lipinski definition) is 0. The van der Waals surface area contributed by atoms with Gasteiger partial charge in [0.2, 0.25) is 5.78 Å². The summed E-state index contributed by atoms with van der Waals surface area (Å²) in [6, 6.07) is 1.56. The first-order chi connectivity index (χ1) is 8.00. The molecule has 1 rings (SSSR count). The van der Waals surface area contributed by atoms with Crippen LogP contribution in [0.3, 0.4) is 0 Å². The van der Waals surface area contributed by atoms with Gasteiger partial charge in [0.15, 0.2) is 0 Å². The van der Waals surface area contributed by atoms with Gasteiger partial charge < -0.3 is 0 Å². The Morgan fingerprint density at radius 3 is 2.35 bits per heavy atom. The lowest BCUT2D eigenvalue weighted by molar-refractivity contribution is -0.254. The number of aromatic nitrogens is 2. The number of rotatable bonds is 4. The van der Waals surface area contributed by atoms with Crippen LogP contribution >= 0.6 is 0 Å². The molecule has 1 aromatic heterocycles. The quantitative estimate of drug-likeness (QED) is 0.379. The molecule has 0 aliphatic carbocycles. The first-order valence-corrected chi connectivity index (χ1v) is 4.44. The van der Waals surface area contributed by atoms with Gasteiger partial charge in [-0.15, -0.1) is 0 Å². The van der Waals surface area contributed by atoms with Crippen LogP contribution in [0.25, 0.3) is 0 Å². The molecule has 0 atom stereocenters. The second kappa shape index (κ2) is 5.54. The van der Waals surface area contributed by atoms with Gasteiger partial charge in [-0.2, -0.15) is 5.10 Å². The van der Waals surface area contributed by atoms with Crippen molar-refractivity contribution in [1.29, 1.82) is 0 Å². The molecule has 1 heterocycles. The number of ketones is 2. The van der Waals surface area contributed by atoms with Crippen molar-refractivity contribution in [3.8, 4) is 0 Å². The molecule has 0 amide bonds. The maximum absolute atomic E-state index is 11.2. The molecule has 0 aromatic carbocycles. The zero-order valence-corrected chi connectivity index (χ0v) is 8.78. The number of nitrogens with zero attached hydrogens (tertiary/aromatic N) is 2. The average molecular weight is 240 g/mol. The fourth-order valence-corrected chi connectivity index (χ4v) is 0.786. The minimum absolute atomic E-state index is 0.344. The highest BCUT2D eigenvalue weighted by Gasteiger charge is 2.21. The minimum atomic E-state index is -1.38. The van der Waals surface area contributed by atoms with Crippen LogP contribution in [0.4, 0.5) is 0 Å². The van der Waals surface area contributed by atoms with Gasteiger partial charge in [-0.3, -0.25) is 14.3 Å².